The van der Waals surface area contributed by atoms with E-state index in [1.807, 2.05) is 18.2 Å². The lowest BCUT2D eigenvalue weighted by Crippen LogP contribution is -2.39. The van der Waals surface area contributed by atoms with Crippen molar-refractivity contribution in [3.05, 3.63) is 35.4 Å². The maximum Gasteiger partial charge on any atom is 0.316 e. The zero-order valence-electron chi connectivity index (χ0n) is 9.90. The van der Waals surface area contributed by atoms with Crippen LogP contribution < -0.4 is 10.6 Å². The molecule has 2 rings (SSSR count). The van der Waals surface area contributed by atoms with Crippen molar-refractivity contribution in [2.24, 2.45) is 0 Å². The smallest absolute Gasteiger partial charge is 0.316 e. The number of ketones is 1. The molecule has 0 bridgehead atoms. The zero-order chi connectivity index (χ0) is 13.0. The van der Waals surface area contributed by atoms with Crippen LogP contribution in [0.25, 0.3) is 0 Å². The second-order valence-electron chi connectivity index (χ2n) is 4.13. The SMILES string of the molecule is C#CCNC(=O)NC1CCC(=O)c2ccccc21. The summed E-state index contributed by atoms with van der Waals surface area (Å²) in [5.74, 6) is 2.47. The number of hydrogen-bond acceptors (Lipinski definition) is 2. The van der Waals surface area contributed by atoms with Gasteiger partial charge in [0, 0.05) is 12.0 Å². The van der Waals surface area contributed by atoms with E-state index in [-0.39, 0.29) is 24.4 Å². The van der Waals surface area contributed by atoms with Crippen LogP contribution in [0.3, 0.4) is 0 Å². The van der Waals surface area contributed by atoms with Crippen LogP contribution in [-0.2, 0) is 0 Å². The number of amides is 2. The number of rotatable bonds is 2. The maximum absolute atomic E-state index is 11.7. The molecule has 0 saturated carbocycles. The summed E-state index contributed by atoms with van der Waals surface area (Å²) < 4.78 is 0. The summed E-state index contributed by atoms with van der Waals surface area (Å²) in [7, 11) is 0. The van der Waals surface area contributed by atoms with E-state index in [0.29, 0.717) is 18.4 Å². The van der Waals surface area contributed by atoms with E-state index in [9.17, 15) is 9.59 Å². The summed E-state index contributed by atoms with van der Waals surface area (Å²) in [6.45, 7) is 0.194. The van der Waals surface area contributed by atoms with Crippen molar-refractivity contribution in [2.75, 3.05) is 6.54 Å². The summed E-state index contributed by atoms with van der Waals surface area (Å²) in [5.41, 5.74) is 1.58. The van der Waals surface area contributed by atoms with Gasteiger partial charge in [-0.25, -0.2) is 4.79 Å². The molecule has 2 amide bonds. The number of nitrogens with one attached hydrogen (secondary N) is 2. The molecule has 2 N–H and O–H groups in total. The van der Waals surface area contributed by atoms with Crippen molar-refractivity contribution < 1.29 is 9.59 Å². The van der Waals surface area contributed by atoms with Crippen LogP contribution in [0.5, 0.6) is 0 Å². The second kappa shape index (κ2) is 5.37. The van der Waals surface area contributed by atoms with Gasteiger partial charge in [-0.2, -0.15) is 0 Å². The number of benzene rings is 1. The second-order valence-corrected chi connectivity index (χ2v) is 4.13. The molecule has 0 saturated heterocycles. The monoisotopic (exact) mass is 242 g/mol. The summed E-state index contributed by atoms with van der Waals surface area (Å²) in [6.07, 6.45) is 6.15. The molecule has 1 aliphatic rings. The molecule has 1 aliphatic carbocycles. The van der Waals surface area contributed by atoms with Crippen LogP contribution >= 0.6 is 0 Å². The lowest BCUT2D eigenvalue weighted by atomic mass is 9.87. The van der Waals surface area contributed by atoms with Crippen molar-refractivity contribution in [3.8, 4) is 12.3 Å². The van der Waals surface area contributed by atoms with Gasteiger partial charge in [0.05, 0.1) is 12.6 Å². The first-order chi connectivity index (χ1) is 8.72. The highest BCUT2D eigenvalue weighted by atomic mass is 16.2. The molecule has 4 nitrogen and oxygen atoms in total. The molecular formula is C14H14N2O2. The Morgan fingerprint density at radius 2 is 2.22 bits per heavy atom. The van der Waals surface area contributed by atoms with Crippen molar-refractivity contribution in [3.63, 3.8) is 0 Å². The Morgan fingerprint density at radius 3 is 3.00 bits per heavy atom. The van der Waals surface area contributed by atoms with Crippen LogP contribution in [0.15, 0.2) is 24.3 Å². The zero-order valence-corrected chi connectivity index (χ0v) is 9.90. The molecule has 0 fully saturated rings. The molecule has 1 unspecified atom stereocenters. The number of Topliss-reactive ketones (excluding diaryl/α,β-unsaturated/α-hetero) is 1. The Hall–Kier alpha value is -2.28. The molecular weight excluding hydrogens is 228 g/mol. The largest absolute Gasteiger partial charge is 0.331 e. The van der Waals surface area contributed by atoms with Gasteiger partial charge < -0.3 is 10.6 Å². The van der Waals surface area contributed by atoms with Gasteiger partial charge in [0.1, 0.15) is 0 Å². The highest BCUT2D eigenvalue weighted by Gasteiger charge is 2.25. The van der Waals surface area contributed by atoms with Crippen molar-refractivity contribution in [1.29, 1.82) is 0 Å². The van der Waals surface area contributed by atoms with Crippen molar-refractivity contribution in [1.82, 2.24) is 10.6 Å². The summed E-state index contributed by atoms with van der Waals surface area (Å²) in [6, 6.07) is 6.94. The van der Waals surface area contributed by atoms with Crippen LogP contribution in [0.4, 0.5) is 4.79 Å². The number of hydrogen-bond donors (Lipinski definition) is 2. The fourth-order valence-electron chi connectivity index (χ4n) is 2.11. The summed E-state index contributed by atoms with van der Waals surface area (Å²) in [5, 5.41) is 5.38. The first-order valence-corrected chi connectivity index (χ1v) is 5.82. The van der Waals surface area contributed by atoms with Gasteiger partial charge in [-0.15, -0.1) is 6.42 Å². The van der Waals surface area contributed by atoms with E-state index in [1.54, 1.807) is 6.07 Å². The molecule has 1 aromatic rings. The molecule has 4 heteroatoms. The maximum atomic E-state index is 11.7. The number of fused-ring (bicyclic) bond motifs is 1. The fourth-order valence-corrected chi connectivity index (χ4v) is 2.11. The van der Waals surface area contributed by atoms with Crippen LogP contribution in [0.2, 0.25) is 0 Å². The van der Waals surface area contributed by atoms with Crippen LogP contribution in [0.1, 0.15) is 34.8 Å². The average Bonchev–Trinajstić information content (AvgIpc) is 2.40. The molecule has 0 radical (unpaired) electrons. The molecule has 1 aromatic carbocycles. The third kappa shape index (κ3) is 2.51. The van der Waals surface area contributed by atoms with Gasteiger partial charge in [-0.05, 0) is 12.0 Å². The Balaban J connectivity index is 2.12. The summed E-state index contributed by atoms with van der Waals surface area (Å²) in [4.78, 5) is 23.3. The Morgan fingerprint density at radius 1 is 1.44 bits per heavy atom. The third-order valence-corrected chi connectivity index (χ3v) is 2.95. The Bertz CT molecular complexity index is 517. The number of carbonyl (C=O) groups excluding carboxylic acids is 2. The number of carbonyl (C=O) groups is 2. The minimum atomic E-state index is -0.304. The molecule has 1 atom stereocenters. The Kier molecular flexibility index (Phi) is 3.63. The van der Waals surface area contributed by atoms with E-state index in [0.717, 1.165) is 5.56 Å². The Labute approximate surface area is 106 Å². The van der Waals surface area contributed by atoms with Crippen LogP contribution in [-0.4, -0.2) is 18.4 Å². The first kappa shape index (κ1) is 12.2. The van der Waals surface area contributed by atoms with Gasteiger partial charge in [0.25, 0.3) is 0 Å². The quantitative estimate of drug-likeness (QED) is 0.774. The lowest BCUT2D eigenvalue weighted by molar-refractivity contribution is 0.0964. The normalized spacial score (nSPS) is 17.5. The standard InChI is InChI=1S/C14H14N2O2/c1-2-9-15-14(18)16-12-7-8-13(17)11-6-4-3-5-10(11)12/h1,3-6,12H,7-9H2,(H2,15,16,18). The minimum Gasteiger partial charge on any atom is -0.331 e. The van der Waals surface area contributed by atoms with Gasteiger partial charge in [0.2, 0.25) is 0 Å². The van der Waals surface area contributed by atoms with Gasteiger partial charge in [-0.3, -0.25) is 4.79 Å². The molecule has 0 aliphatic heterocycles. The number of terminal acetylenes is 1. The molecule has 0 heterocycles. The van der Waals surface area contributed by atoms with Crippen molar-refractivity contribution >= 4 is 11.8 Å². The molecule has 18 heavy (non-hydrogen) atoms. The van der Waals surface area contributed by atoms with E-state index < -0.39 is 0 Å². The van der Waals surface area contributed by atoms with E-state index >= 15 is 0 Å². The topological polar surface area (TPSA) is 58.2 Å². The van der Waals surface area contributed by atoms with Gasteiger partial charge >= 0.3 is 6.03 Å². The highest BCUT2D eigenvalue weighted by molar-refractivity contribution is 5.98. The molecule has 0 aromatic heterocycles. The predicted molar refractivity (Wildman–Crippen MR) is 68.1 cm³/mol. The van der Waals surface area contributed by atoms with Gasteiger partial charge in [-0.1, -0.05) is 30.2 Å². The average molecular weight is 242 g/mol. The molecule has 0 spiro atoms. The predicted octanol–water partition coefficient (Wildman–Crippen LogP) is 1.64. The van der Waals surface area contributed by atoms with E-state index in [1.165, 1.54) is 0 Å². The number of urea groups is 1. The minimum absolute atomic E-state index is 0.128. The third-order valence-electron chi connectivity index (χ3n) is 2.95. The summed E-state index contributed by atoms with van der Waals surface area (Å²) >= 11 is 0. The van der Waals surface area contributed by atoms with Crippen molar-refractivity contribution in [2.45, 2.75) is 18.9 Å². The van der Waals surface area contributed by atoms with Crippen LogP contribution in [0, 0.1) is 12.3 Å². The first-order valence-electron chi connectivity index (χ1n) is 5.82. The highest BCUT2D eigenvalue weighted by Crippen LogP contribution is 2.29. The lowest BCUT2D eigenvalue weighted by Gasteiger charge is -2.25. The fraction of sp³-hybridized carbons (Fsp3) is 0.286. The van der Waals surface area contributed by atoms with Gasteiger partial charge in [0.15, 0.2) is 5.78 Å². The van der Waals surface area contributed by atoms with E-state index in [4.69, 9.17) is 6.42 Å². The van der Waals surface area contributed by atoms with E-state index in [2.05, 4.69) is 16.6 Å². The molecule has 92 valence electrons.